The van der Waals surface area contributed by atoms with Crippen LogP contribution >= 0.6 is 0 Å². The molecule has 0 N–H and O–H groups in total. The molecule has 0 saturated carbocycles. The second-order valence-electron chi connectivity index (χ2n) is 4.51. The highest BCUT2D eigenvalue weighted by Gasteiger charge is 2.23. The Morgan fingerprint density at radius 2 is 2.00 bits per heavy atom. The summed E-state index contributed by atoms with van der Waals surface area (Å²) in [7, 11) is 0. The van der Waals surface area contributed by atoms with E-state index in [4.69, 9.17) is 8.83 Å². The number of carbonyl (C=O) groups is 1. The average Bonchev–Trinajstić information content (AvgIpc) is 3.01. The molecule has 1 aromatic carbocycles. The monoisotopic (exact) mass is 254 g/mol. The summed E-state index contributed by atoms with van der Waals surface area (Å²) in [5, 5.41) is 0.847. The first-order valence-corrected chi connectivity index (χ1v) is 6.31. The van der Waals surface area contributed by atoms with Gasteiger partial charge in [-0.25, -0.2) is 0 Å². The van der Waals surface area contributed by atoms with Gasteiger partial charge in [-0.1, -0.05) is 25.1 Å². The van der Waals surface area contributed by atoms with Gasteiger partial charge in [-0.15, -0.1) is 0 Å². The van der Waals surface area contributed by atoms with Crippen LogP contribution in [0.25, 0.3) is 11.0 Å². The molecule has 0 aliphatic rings. The van der Waals surface area contributed by atoms with E-state index in [0.29, 0.717) is 23.5 Å². The summed E-state index contributed by atoms with van der Waals surface area (Å²) >= 11 is 0. The smallest absolute Gasteiger partial charge is 0.232 e. The molecule has 0 fully saturated rings. The van der Waals surface area contributed by atoms with E-state index >= 15 is 0 Å². The molecule has 0 unspecified atom stereocenters. The van der Waals surface area contributed by atoms with Crippen molar-refractivity contribution >= 4 is 16.8 Å². The Morgan fingerprint density at radius 3 is 2.68 bits per heavy atom. The Labute approximate surface area is 110 Å². The van der Waals surface area contributed by atoms with Gasteiger partial charge in [-0.2, -0.15) is 0 Å². The molecular formula is C16H14O3. The lowest BCUT2D eigenvalue weighted by Crippen LogP contribution is -2.03. The number of carbonyl (C=O) groups excluding carboxylic acids is 1. The van der Waals surface area contributed by atoms with Crippen molar-refractivity contribution in [2.24, 2.45) is 0 Å². The van der Waals surface area contributed by atoms with Crippen LogP contribution in [0.2, 0.25) is 0 Å². The first kappa shape index (κ1) is 11.8. The third kappa shape index (κ3) is 1.78. The maximum atomic E-state index is 12.6. The Bertz CT molecular complexity index is 746. The van der Waals surface area contributed by atoms with Crippen LogP contribution in [0, 0.1) is 6.92 Å². The first-order chi connectivity index (χ1) is 9.22. The van der Waals surface area contributed by atoms with Gasteiger partial charge in [-0.05, 0) is 24.6 Å². The van der Waals surface area contributed by atoms with Crippen LogP contribution in [-0.2, 0) is 6.42 Å². The number of hydrogen-bond acceptors (Lipinski definition) is 3. The molecule has 0 spiro atoms. The largest absolute Gasteiger partial charge is 0.461 e. The first-order valence-electron chi connectivity index (χ1n) is 6.31. The quantitative estimate of drug-likeness (QED) is 0.660. The molecule has 2 heterocycles. The molecule has 3 nitrogen and oxygen atoms in total. The van der Waals surface area contributed by atoms with Gasteiger partial charge in [-0.3, -0.25) is 4.79 Å². The van der Waals surface area contributed by atoms with Crippen LogP contribution in [0.1, 0.15) is 34.4 Å². The molecule has 0 saturated heterocycles. The number of aryl methyl sites for hydroxylation is 2. The molecule has 0 atom stereocenters. The molecule has 2 aromatic heterocycles. The molecule has 0 aliphatic carbocycles. The number of hydrogen-bond donors (Lipinski definition) is 0. The predicted molar refractivity (Wildman–Crippen MR) is 72.5 cm³/mol. The summed E-state index contributed by atoms with van der Waals surface area (Å²) in [6.07, 6.45) is 2.21. The zero-order valence-corrected chi connectivity index (χ0v) is 10.9. The van der Waals surface area contributed by atoms with E-state index < -0.39 is 0 Å². The second kappa shape index (κ2) is 4.43. The van der Waals surface area contributed by atoms with Crippen molar-refractivity contribution in [2.45, 2.75) is 20.3 Å². The average molecular weight is 254 g/mol. The van der Waals surface area contributed by atoms with Crippen LogP contribution in [0.5, 0.6) is 0 Å². The fraction of sp³-hybridized carbons (Fsp3) is 0.188. The third-order valence-corrected chi connectivity index (χ3v) is 3.28. The summed E-state index contributed by atoms with van der Waals surface area (Å²) in [4.78, 5) is 12.6. The maximum absolute atomic E-state index is 12.6. The van der Waals surface area contributed by atoms with Gasteiger partial charge in [0.1, 0.15) is 11.3 Å². The standard InChI is InChI=1S/C16H14O3/c1-3-12-14(11-6-4-5-7-13(11)19-12)15(17)16-10(2)8-9-18-16/h4-9H,3H2,1-2H3. The molecule has 0 radical (unpaired) electrons. The van der Waals surface area contributed by atoms with Gasteiger partial charge in [0.25, 0.3) is 0 Å². The van der Waals surface area contributed by atoms with Crippen LogP contribution in [0.4, 0.5) is 0 Å². The zero-order valence-electron chi connectivity index (χ0n) is 10.9. The van der Waals surface area contributed by atoms with Crippen molar-refractivity contribution in [1.29, 1.82) is 0 Å². The van der Waals surface area contributed by atoms with E-state index in [2.05, 4.69) is 0 Å². The van der Waals surface area contributed by atoms with Gasteiger partial charge >= 0.3 is 0 Å². The molecule has 0 bridgehead atoms. The zero-order chi connectivity index (χ0) is 13.4. The van der Waals surface area contributed by atoms with Crippen LogP contribution < -0.4 is 0 Å². The van der Waals surface area contributed by atoms with Gasteiger partial charge in [0.15, 0.2) is 5.76 Å². The molecule has 96 valence electrons. The lowest BCUT2D eigenvalue weighted by molar-refractivity contribution is 0.101. The van der Waals surface area contributed by atoms with Gasteiger partial charge in [0.05, 0.1) is 11.8 Å². The summed E-state index contributed by atoms with van der Waals surface area (Å²) in [5.41, 5.74) is 2.21. The van der Waals surface area contributed by atoms with Crippen molar-refractivity contribution in [3.63, 3.8) is 0 Å². The highest BCUT2D eigenvalue weighted by atomic mass is 16.3. The Balaban J connectivity index is 2.24. The Kier molecular flexibility index (Phi) is 2.75. The van der Waals surface area contributed by atoms with Crippen molar-refractivity contribution < 1.29 is 13.6 Å². The number of benzene rings is 1. The number of para-hydroxylation sites is 1. The van der Waals surface area contributed by atoms with Crippen molar-refractivity contribution in [1.82, 2.24) is 0 Å². The fourth-order valence-corrected chi connectivity index (χ4v) is 2.31. The van der Waals surface area contributed by atoms with E-state index in [1.165, 1.54) is 6.26 Å². The van der Waals surface area contributed by atoms with Gasteiger partial charge in [0.2, 0.25) is 5.78 Å². The van der Waals surface area contributed by atoms with E-state index in [1.54, 1.807) is 6.07 Å². The van der Waals surface area contributed by atoms with Crippen molar-refractivity contribution in [3.8, 4) is 0 Å². The molecule has 3 aromatic rings. The maximum Gasteiger partial charge on any atom is 0.232 e. The minimum Gasteiger partial charge on any atom is -0.461 e. The highest BCUT2D eigenvalue weighted by molar-refractivity contribution is 6.16. The fourth-order valence-electron chi connectivity index (χ4n) is 2.31. The summed E-state index contributed by atoms with van der Waals surface area (Å²) in [6.45, 7) is 3.84. The van der Waals surface area contributed by atoms with Crippen LogP contribution in [-0.4, -0.2) is 5.78 Å². The van der Waals surface area contributed by atoms with E-state index in [-0.39, 0.29) is 5.78 Å². The number of ketones is 1. The van der Waals surface area contributed by atoms with E-state index in [1.807, 2.05) is 38.1 Å². The normalized spacial score (nSPS) is 11.1. The summed E-state index contributed by atoms with van der Waals surface area (Å²) in [5.74, 6) is 0.993. The lowest BCUT2D eigenvalue weighted by Gasteiger charge is -1.99. The van der Waals surface area contributed by atoms with E-state index in [9.17, 15) is 4.79 Å². The predicted octanol–water partition coefficient (Wildman–Crippen LogP) is 4.13. The molecule has 0 amide bonds. The summed E-state index contributed by atoms with van der Waals surface area (Å²) < 4.78 is 11.1. The number of furan rings is 2. The topological polar surface area (TPSA) is 43.4 Å². The molecule has 3 heteroatoms. The van der Waals surface area contributed by atoms with Crippen LogP contribution in [0.3, 0.4) is 0 Å². The highest BCUT2D eigenvalue weighted by Crippen LogP contribution is 2.29. The van der Waals surface area contributed by atoms with Gasteiger partial charge in [0, 0.05) is 11.8 Å². The van der Waals surface area contributed by atoms with Gasteiger partial charge < -0.3 is 8.83 Å². The molecule has 3 rings (SSSR count). The van der Waals surface area contributed by atoms with Crippen molar-refractivity contribution in [3.05, 3.63) is 59.2 Å². The molecular weight excluding hydrogens is 240 g/mol. The third-order valence-electron chi connectivity index (χ3n) is 3.28. The Hall–Kier alpha value is -2.29. The minimum absolute atomic E-state index is 0.107. The van der Waals surface area contributed by atoms with Crippen molar-refractivity contribution in [2.75, 3.05) is 0 Å². The van der Waals surface area contributed by atoms with Crippen LogP contribution in [0.15, 0.2) is 45.4 Å². The summed E-state index contributed by atoms with van der Waals surface area (Å²) in [6, 6.07) is 9.38. The number of fused-ring (bicyclic) bond motifs is 1. The molecule has 19 heavy (non-hydrogen) atoms. The SMILES string of the molecule is CCc1oc2ccccc2c1C(=O)c1occc1C. The minimum atomic E-state index is -0.107. The molecule has 0 aliphatic heterocycles. The Morgan fingerprint density at radius 1 is 1.21 bits per heavy atom. The van der Waals surface area contributed by atoms with E-state index in [0.717, 1.165) is 16.5 Å². The lowest BCUT2D eigenvalue weighted by atomic mass is 10.0. The second-order valence-corrected chi connectivity index (χ2v) is 4.51. The number of rotatable bonds is 3.